The molecule has 0 atom stereocenters. The number of benzene rings is 2. The Hall–Kier alpha value is -4.21. The van der Waals surface area contributed by atoms with Crippen molar-refractivity contribution < 1.29 is 27.8 Å². The molecule has 7 nitrogen and oxygen atoms in total. The van der Waals surface area contributed by atoms with Crippen LogP contribution in [0.2, 0.25) is 0 Å². The number of hydrogen-bond acceptors (Lipinski definition) is 5. The largest absolute Gasteiger partial charge is 0.573 e. The fraction of sp³-hybridized carbons (Fsp3) is 0.167. The third kappa shape index (κ3) is 5.22. The third-order valence-corrected chi connectivity index (χ3v) is 5.06. The van der Waals surface area contributed by atoms with E-state index in [0.29, 0.717) is 23.7 Å². The van der Waals surface area contributed by atoms with Gasteiger partial charge in [-0.25, -0.2) is 14.3 Å². The summed E-state index contributed by atoms with van der Waals surface area (Å²) >= 11 is 0. The van der Waals surface area contributed by atoms with Gasteiger partial charge in [0.15, 0.2) is 0 Å². The van der Waals surface area contributed by atoms with Crippen LogP contribution in [0.3, 0.4) is 0 Å². The number of alkyl halides is 3. The van der Waals surface area contributed by atoms with Crippen molar-refractivity contribution >= 4 is 0 Å². The number of pyridine rings is 1. The van der Waals surface area contributed by atoms with Gasteiger partial charge in [-0.2, -0.15) is 0 Å². The lowest BCUT2D eigenvalue weighted by molar-refractivity contribution is -0.274. The van der Waals surface area contributed by atoms with Crippen molar-refractivity contribution in [3.63, 3.8) is 0 Å². The van der Waals surface area contributed by atoms with Crippen molar-refractivity contribution in [1.82, 2.24) is 14.1 Å². The number of hydrogen-bond donors (Lipinski definition) is 1. The van der Waals surface area contributed by atoms with E-state index in [-0.39, 0.29) is 18.1 Å². The molecule has 0 fully saturated rings. The number of aromatic nitrogens is 3. The molecule has 0 saturated heterocycles. The number of aromatic hydroxyl groups is 1. The second-order valence-electron chi connectivity index (χ2n) is 7.43. The van der Waals surface area contributed by atoms with Gasteiger partial charge in [0.05, 0.1) is 17.9 Å². The van der Waals surface area contributed by atoms with Crippen molar-refractivity contribution in [2.24, 2.45) is 0 Å². The van der Waals surface area contributed by atoms with E-state index in [0.717, 1.165) is 22.3 Å². The molecule has 1 N–H and O–H groups in total. The van der Waals surface area contributed by atoms with E-state index in [9.17, 15) is 23.1 Å². The molecule has 4 aromatic rings. The zero-order valence-corrected chi connectivity index (χ0v) is 18.0. The van der Waals surface area contributed by atoms with Crippen molar-refractivity contribution in [3.05, 3.63) is 100 Å². The van der Waals surface area contributed by atoms with Crippen molar-refractivity contribution in [1.29, 1.82) is 0 Å². The molecule has 0 aliphatic heterocycles. The molecule has 10 heteroatoms. The van der Waals surface area contributed by atoms with Gasteiger partial charge in [0, 0.05) is 12.3 Å². The fourth-order valence-corrected chi connectivity index (χ4v) is 3.39. The Bertz CT molecular complexity index is 1330. The molecule has 34 heavy (non-hydrogen) atoms. The standard InChI is InChI=1S/C24H20F3N3O4/c1-16-22(31)30(19-7-9-20(10-8-19)34-24(25,26)27)23(32)29(16)14-18-11-12-28-21(13-18)33-15-17-5-3-2-4-6-17/h2-13,31H,14-15H2,1H3. The quantitative estimate of drug-likeness (QED) is 0.427. The van der Waals surface area contributed by atoms with Gasteiger partial charge < -0.3 is 14.6 Å². The highest BCUT2D eigenvalue weighted by atomic mass is 19.4. The molecule has 2 aromatic carbocycles. The van der Waals surface area contributed by atoms with E-state index in [2.05, 4.69) is 9.72 Å². The normalized spacial score (nSPS) is 11.4. The smallest absolute Gasteiger partial charge is 0.493 e. The second-order valence-corrected chi connectivity index (χ2v) is 7.43. The van der Waals surface area contributed by atoms with Crippen LogP contribution in [0.1, 0.15) is 16.8 Å². The average Bonchev–Trinajstić information content (AvgIpc) is 3.01. The molecule has 0 spiro atoms. The summed E-state index contributed by atoms with van der Waals surface area (Å²) in [6.45, 7) is 2.04. The summed E-state index contributed by atoms with van der Waals surface area (Å²) in [5.74, 6) is -0.361. The van der Waals surface area contributed by atoms with E-state index >= 15 is 0 Å². The molecule has 0 radical (unpaired) electrons. The number of halogens is 3. The topological polar surface area (TPSA) is 78.5 Å². The van der Waals surface area contributed by atoms with Gasteiger partial charge in [-0.3, -0.25) is 4.57 Å². The van der Waals surface area contributed by atoms with Crippen LogP contribution < -0.4 is 15.2 Å². The fourth-order valence-electron chi connectivity index (χ4n) is 3.39. The number of imidazole rings is 1. The molecule has 0 aliphatic rings. The Labute approximate surface area is 192 Å². The van der Waals surface area contributed by atoms with Crippen LogP contribution in [-0.2, 0) is 13.2 Å². The summed E-state index contributed by atoms with van der Waals surface area (Å²) in [7, 11) is 0. The van der Waals surface area contributed by atoms with Crippen molar-refractivity contribution in [2.45, 2.75) is 26.4 Å². The Morgan fingerprint density at radius 2 is 1.71 bits per heavy atom. The Morgan fingerprint density at radius 1 is 1.00 bits per heavy atom. The first-order chi connectivity index (χ1) is 16.2. The van der Waals surface area contributed by atoms with Crippen LogP contribution in [0.5, 0.6) is 17.5 Å². The first-order valence-electron chi connectivity index (χ1n) is 10.2. The van der Waals surface area contributed by atoms with Crippen LogP contribution in [0.4, 0.5) is 13.2 Å². The zero-order valence-electron chi connectivity index (χ0n) is 18.0. The van der Waals surface area contributed by atoms with Gasteiger partial charge in [-0.15, -0.1) is 13.2 Å². The van der Waals surface area contributed by atoms with Crippen LogP contribution in [0.25, 0.3) is 5.69 Å². The summed E-state index contributed by atoms with van der Waals surface area (Å²) in [6, 6.07) is 17.7. The lowest BCUT2D eigenvalue weighted by atomic mass is 10.2. The first-order valence-corrected chi connectivity index (χ1v) is 10.2. The van der Waals surface area contributed by atoms with Crippen molar-refractivity contribution in [3.8, 4) is 23.2 Å². The zero-order chi connectivity index (χ0) is 24.3. The van der Waals surface area contributed by atoms with Crippen molar-refractivity contribution in [2.75, 3.05) is 0 Å². The molecule has 4 rings (SSSR count). The predicted octanol–water partition coefficient (Wildman–Crippen LogP) is 4.57. The van der Waals surface area contributed by atoms with Crippen LogP contribution >= 0.6 is 0 Å². The highest BCUT2D eigenvalue weighted by molar-refractivity contribution is 5.41. The van der Waals surface area contributed by atoms with E-state index in [1.807, 2.05) is 30.3 Å². The van der Waals surface area contributed by atoms with E-state index in [1.165, 1.54) is 16.7 Å². The van der Waals surface area contributed by atoms with Gasteiger partial charge in [0.25, 0.3) is 0 Å². The van der Waals surface area contributed by atoms with Crippen LogP contribution in [0.15, 0.2) is 77.7 Å². The monoisotopic (exact) mass is 471 g/mol. The number of ether oxygens (including phenoxy) is 2. The number of rotatable bonds is 7. The maximum Gasteiger partial charge on any atom is 0.573 e. The summed E-state index contributed by atoms with van der Waals surface area (Å²) in [6.07, 6.45) is -3.26. The molecule has 176 valence electrons. The van der Waals surface area contributed by atoms with Gasteiger partial charge >= 0.3 is 12.1 Å². The second kappa shape index (κ2) is 9.34. The SMILES string of the molecule is Cc1c(O)n(-c2ccc(OC(F)(F)F)cc2)c(=O)n1Cc1ccnc(OCc2ccccc2)c1. The highest BCUT2D eigenvalue weighted by Gasteiger charge is 2.31. The molecule has 2 aromatic heterocycles. The molecule has 0 saturated carbocycles. The highest BCUT2D eigenvalue weighted by Crippen LogP contribution is 2.26. The summed E-state index contributed by atoms with van der Waals surface area (Å²) in [4.78, 5) is 17.2. The lowest BCUT2D eigenvalue weighted by Crippen LogP contribution is -2.24. The lowest BCUT2D eigenvalue weighted by Gasteiger charge is -2.09. The molecule has 0 bridgehead atoms. The molecule has 0 aliphatic carbocycles. The summed E-state index contributed by atoms with van der Waals surface area (Å²) in [5, 5.41) is 10.5. The van der Waals surface area contributed by atoms with E-state index in [4.69, 9.17) is 4.74 Å². The first kappa shape index (κ1) is 23.0. The minimum atomic E-state index is -4.82. The Morgan fingerprint density at radius 3 is 2.38 bits per heavy atom. The average molecular weight is 471 g/mol. The van der Waals surface area contributed by atoms with Gasteiger partial charge in [0.1, 0.15) is 12.4 Å². The Kier molecular flexibility index (Phi) is 6.31. The van der Waals surface area contributed by atoms with Gasteiger partial charge in [-0.1, -0.05) is 30.3 Å². The van der Waals surface area contributed by atoms with Gasteiger partial charge in [0.2, 0.25) is 11.8 Å². The molecule has 0 amide bonds. The molecule has 2 heterocycles. The van der Waals surface area contributed by atoms with Crippen LogP contribution in [-0.4, -0.2) is 25.6 Å². The van der Waals surface area contributed by atoms with Gasteiger partial charge in [-0.05, 0) is 48.4 Å². The van der Waals surface area contributed by atoms with E-state index in [1.54, 1.807) is 25.3 Å². The molecular weight excluding hydrogens is 451 g/mol. The Balaban J connectivity index is 1.55. The predicted molar refractivity (Wildman–Crippen MR) is 117 cm³/mol. The summed E-state index contributed by atoms with van der Waals surface area (Å²) < 4.78 is 49.1. The minimum absolute atomic E-state index is 0.130. The maximum absolute atomic E-state index is 13.0. The molecular formula is C24H20F3N3O4. The maximum atomic E-state index is 13.0. The number of nitrogens with zero attached hydrogens (tertiary/aromatic N) is 3. The third-order valence-electron chi connectivity index (χ3n) is 5.06. The van der Waals surface area contributed by atoms with E-state index < -0.39 is 17.8 Å². The molecule has 0 unspecified atom stereocenters. The minimum Gasteiger partial charge on any atom is -0.493 e. The summed E-state index contributed by atoms with van der Waals surface area (Å²) in [5.41, 5.74) is 1.64. The van der Waals surface area contributed by atoms with Crippen LogP contribution in [0, 0.1) is 6.92 Å².